The molecule has 0 aromatic heterocycles. The van der Waals surface area contributed by atoms with Crippen LogP contribution in [0.2, 0.25) is 0 Å². The molecule has 5 heteroatoms. The lowest BCUT2D eigenvalue weighted by Gasteiger charge is -2.34. The van der Waals surface area contributed by atoms with E-state index >= 15 is 0 Å². The summed E-state index contributed by atoms with van der Waals surface area (Å²) in [6, 6.07) is 6.37. The maximum absolute atomic E-state index is 11.8. The SMILES string of the molecule is CC1(C)CCC(NC(=O)Oc2ccc(C(N)=O)cc2)CC1. The second-order valence-corrected chi connectivity index (χ2v) is 6.36. The quantitative estimate of drug-likeness (QED) is 0.898. The van der Waals surface area contributed by atoms with Gasteiger partial charge in [0.05, 0.1) is 0 Å². The third-order valence-corrected chi connectivity index (χ3v) is 4.01. The van der Waals surface area contributed by atoms with Crippen molar-refractivity contribution in [1.29, 1.82) is 0 Å². The van der Waals surface area contributed by atoms with Crippen LogP contribution < -0.4 is 15.8 Å². The Labute approximate surface area is 124 Å². The highest BCUT2D eigenvalue weighted by Crippen LogP contribution is 2.34. The van der Waals surface area contributed by atoms with E-state index in [1.807, 2.05) is 0 Å². The van der Waals surface area contributed by atoms with Gasteiger partial charge in [0.15, 0.2) is 0 Å². The smallest absolute Gasteiger partial charge is 0.410 e. The van der Waals surface area contributed by atoms with Gasteiger partial charge in [-0.2, -0.15) is 0 Å². The Balaban J connectivity index is 1.83. The highest BCUT2D eigenvalue weighted by atomic mass is 16.6. The number of nitrogens with one attached hydrogen (secondary N) is 1. The van der Waals surface area contributed by atoms with E-state index in [0.29, 0.717) is 16.7 Å². The largest absolute Gasteiger partial charge is 0.412 e. The fourth-order valence-electron chi connectivity index (χ4n) is 2.53. The van der Waals surface area contributed by atoms with E-state index in [9.17, 15) is 9.59 Å². The molecule has 1 fully saturated rings. The third-order valence-electron chi connectivity index (χ3n) is 4.01. The van der Waals surface area contributed by atoms with Crippen molar-refractivity contribution in [2.24, 2.45) is 11.1 Å². The number of hydrogen-bond donors (Lipinski definition) is 2. The van der Waals surface area contributed by atoms with E-state index in [-0.39, 0.29) is 6.04 Å². The summed E-state index contributed by atoms with van der Waals surface area (Å²) in [7, 11) is 0. The summed E-state index contributed by atoms with van der Waals surface area (Å²) in [6.45, 7) is 4.50. The number of primary amides is 1. The number of hydrogen-bond acceptors (Lipinski definition) is 3. The molecule has 2 rings (SSSR count). The van der Waals surface area contributed by atoms with Gasteiger partial charge >= 0.3 is 6.09 Å². The van der Waals surface area contributed by atoms with Gasteiger partial charge in [0, 0.05) is 11.6 Å². The number of carbonyl (C=O) groups is 2. The average molecular weight is 290 g/mol. The molecule has 1 aliphatic carbocycles. The van der Waals surface area contributed by atoms with Crippen molar-refractivity contribution >= 4 is 12.0 Å². The van der Waals surface area contributed by atoms with Gasteiger partial charge in [0.25, 0.3) is 0 Å². The molecule has 2 amide bonds. The lowest BCUT2D eigenvalue weighted by atomic mass is 9.76. The van der Waals surface area contributed by atoms with Crippen molar-refractivity contribution in [2.45, 2.75) is 45.6 Å². The highest BCUT2D eigenvalue weighted by Gasteiger charge is 2.27. The molecule has 0 spiro atoms. The predicted octanol–water partition coefficient (Wildman–Crippen LogP) is 2.84. The van der Waals surface area contributed by atoms with E-state index < -0.39 is 12.0 Å². The van der Waals surface area contributed by atoms with Crippen LogP contribution >= 0.6 is 0 Å². The first-order chi connectivity index (χ1) is 9.85. The molecule has 0 heterocycles. The minimum atomic E-state index is -0.504. The van der Waals surface area contributed by atoms with Gasteiger partial charge in [0.2, 0.25) is 5.91 Å². The first kappa shape index (κ1) is 15.4. The third kappa shape index (κ3) is 4.48. The number of nitrogens with two attached hydrogens (primary N) is 1. The maximum Gasteiger partial charge on any atom is 0.412 e. The molecule has 1 aliphatic rings. The first-order valence-electron chi connectivity index (χ1n) is 7.24. The standard InChI is InChI=1S/C16H22N2O3/c1-16(2)9-7-12(8-10-16)18-15(20)21-13-5-3-11(4-6-13)14(17)19/h3-6,12H,7-10H2,1-2H3,(H2,17,19)(H,18,20). The van der Waals surface area contributed by atoms with Gasteiger partial charge in [-0.1, -0.05) is 13.8 Å². The van der Waals surface area contributed by atoms with Crippen LogP contribution in [0.1, 0.15) is 49.9 Å². The van der Waals surface area contributed by atoms with Gasteiger partial charge in [-0.15, -0.1) is 0 Å². The van der Waals surface area contributed by atoms with Crippen LogP contribution in [0.25, 0.3) is 0 Å². The molecule has 0 atom stereocenters. The van der Waals surface area contributed by atoms with Crippen LogP contribution in [0.3, 0.4) is 0 Å². The van der Waals surface area contributed by atoms with Gasteiger partial charge < -0.3 is 15.8 Å². The number of amides is 2. The van der Waals surface area contributed by atoms with Crippen LogP contribution in [0.15, 0.2) is 24.3 Å². The van der Waals surface area contributed by atoms with Gasteiger partial charge in [-0.05, 0) is 55.4 Å². The van der Waals surface area contributed by atoms with Crippen LogP contribution in [0, 0.1) is 5.41 Å². The van der Waals surface area contributed by atoms with Crippen LogP contribution in [-0.2, 0) is 0 Å². The van der Waals surface area contributed by atoms with Crippen molar-refractivity contribution in [2.75, 3.05) is 0 Å². The Morgan fingerprint density at radius 3 is 2.29 bits per heavy atom. The van der Waals surface area contributed by atoms with Gasteiger partial charge in [-0.3, -0.25) is 4.79 Å². The Kier molecular flexibility index (Phi) is 4.50. The lowest BCUT2D eigenvalue weighted by Crippen LogP contribution is -2.40. The molecule has 5 nitrogen and oxygen atoms in total. The molecule has 0 radical (unpaired) electrons. The summed E-state index contributed by atoms with van der Waals surface area (Å²) >= 11 is 0. The predicted molar refractivity (Wildman–Crippen MR) is 80.2 cm³/mol. The Hall–Kier alpha value is -2.04. The van der Waals surface area contributed by atoms with Crippen LogP contribution in [-0.4, -0.2) is 18.0 Å². The molecule has 1 saturated carbocycles. The minimum absolute atomic E-state index is 0.176. The van der Waals surface area contributed by atoms with Crippen molar-refractivity contribution in [1.82, 2.24) is 5.32 Å². The summed E-state index contributed by atoms with van der Waals surface area (Å²) in [5.74, 6) is -0.107. The van der Waals surface area contributed by atoms with Gasteiger partial charge in [-0.25, -0.2) is 4.79 Å². The zero-order chi connectivity index (χ0) is 15.5. The van der Waals surface area contributed by atoms with Gasteiger partial charge in [0.1, 0.15) is 5.75 Å². The summed E-state index contributed by atoms with van der Waals surface area (Å²) in [5.41, 5.74) is 5.91. The zero-order valence-corrected chi connectivity index (χ0v) is 12.5. The van der Waals surface area contributed by atoms with E-state index in [1.165, 1.54) is 12.1 Å². The highest BCUT2D eigenvalue weighted by molar-refractivity contribution is 5.92. The second-order valence-electron chi connectivity index (χ2n) is 6.36. The molecule has 0 saturated heterocycles. The topological polar surface area (TPSA) is 81.4 Å². The van der Waals surface area contributed by atoms with Crippen molar-refractivity contribution in [3.63, 3.8) is 0 Å². The molecular formula is C16H22N2O3. The van der Waals surface area contributed by atoms with Crippen LogP contribution in [0.5, 0.6) is 5.75 Å². The van der Waals surface area contributed by atoms with E-state index in [2.05, 4.69) is 19.2 Å². The van der Waals surface area contributed by atoms with Crippen molar-refractivity contribution < 1.29 is 14.3 Å². The fourth-order valence-corrected chi connectivity index (χ4v) is 2.53. The fraction of sp³-hybridized carbons (Fsp3) is 0.500. The average Bonchev–Trinajstić information content (AvgIpc) is 2.42. The summed E-state index contributed by atoms with van der Waals surface area (Å²) in [5, 5.41) is 2.89. The molecule has 1 aromatic carbocycles. The second kappa shape index (κ2) is 6.16. The molecule has 3 N–H and O–H groups in total. The Morgan fingerprint density at radius 1 is 1.19 bits per heavy atom. The number of carbonyl (C=O) groups excluding carboxylic acids is 2. The van der Waals surface area contributed by atoms with Crippen molar-refractivity contribution in [3.05, 3.63) is 29.8 Å². The number of ether oxygens (including phenoxy) is 1. The Bertz CT molecular complexity index is 513. The first-order valence-corrected chi connectivity index (χ1v) is 7.24. The molecular weight excluding hydrogens is 268 g/mol. The molecule has 0 unspecified atom stereocenters. The summed E-state index contributed by atoms with van der Waals surface area (Å²) in [6.07, 6.45) is 3.70. The summed E-state index contributed by atoms with van der Waals surface area (Å²) in [4.78, 5) is 22.8. The Morgan fingerprint density at radius 2 is 1.76 bits per heavy atom. The maximum atomic E-state index is 11.8. The molecule has 21 heavy (non-hydrogen) atoms. The monoisotopic (exact) mass is 290 g/mol. The molecule has 0 aliphatic heterocycles. The normalized spacial score (nSPS) is 18.0. The van der Waals surface area contributed by atoms with Crippen LogP contribution in [0.4, 0.5) is 4.79 Å². The molecule has 114 valence electrons. The molecule has 0 bridgehead atoms. The molecule has 1 aromatic rings. The summed E-state index contributed by atoms with van der Waals surface area (Å²) < 4.78 is 5.20. The van der Waals surface area contributed by atoms with E-state index in [4.69, 9.17) is 10.5 Å². The minimum Gasteiger partial charge on any atom is -0.410 e. The number of benzene rings is 1. The lowest BCUT2D eigenvalue weighted by molar-refractivity contribution is 0.100. The number of rotatable bonds is 3. The van der Waals surface area contributed by atoms with E-state index in [0.717, 1.165) is 25.7 Å². The van der Waals surface area contributed by atoms with Crippen molar-refractivity contribution in [3.8, 4) is 5.75 Å². The van der Waals surface area contributed by atoms with E-state index in [1.54, 1.807) is 12.1 Å². The zero-order valence-electron chi connectivity index (χ0n) is 12.5.